The van der Waals surface area contributed by atoms with Crippen LogP contribution in [0.4, 0.5) is 5.82 Å². The monoisotopic (exact) mass is 268 g/mol. The molecule has 0 saturated carbocycles. The zero-order chi connectivity index (χ0) is 14.1. The molecule has 1 atom stereocenters. The van der Waals surface area contributed by atoms with Crippen molar-refractivity contribution in [2.75, 3.05) is 18.0 Å². The first-order valence-corrected chi connectivity index (χ1v) is 7.05. The quantitative estimate of drug-likeness (QED) is 0.907. The van der Waals surface area contributed by atoms with Gasteiger partial charge in [0, 0.05) is 13.1 Å². The predicted molar refractivity (Wildman–Crippen MR) is 80.8 cm³/mol. The van der Waals surface area contributed by atoms with Gasteiger partial charge in [0.05, 0.1) is 23.6 Å². The molecular formula is C16H20N4. The Kier molecular flexibility index (Phi) is 3.40. The van der Waals surface area contributed by atoms with Crippen LogP contribution in [0.25, 0.3) is 0 Å². The Balaban J connectivity index is 2.00. The summed E-state index contributed by atoms with van der Waals surface area (Å²) in [6.07, 6.45) is 2.89. The molecule has 2 aromatic rings. The van der Waals surface area contributed by atoms with Crippen LogP contribution in [0.1, 0.15) is 28.6 Å². The van der Waals surface area contributed by atoms with E-state index in [0.29, 0.717) is 6.54 Å². The summed E-state index contributed by atoms with van der Waals surface area (Å²) in [7, 11) is 0. The molecule has 0 amide bonds. The fourth-order valence-electron chi connectivity index (χ4n) is 2.85. The van der Waals surface area contributed by atoms with Crippen LogP contribution in [0, 0.1) is 13.8 Å². The maximum Gasteiger partial charge on any atom is 0.147 e. The number of aromatic nitrogens is 2. The van der Waals surface area contributed by atoms with Crippen molar-refractivity contribution in [1.29, 1.82) is 0 Å². The van der Waals surface area contributed by atoms with Gasteiger partial charge in [0.15, 0.2) is 0 Å². The third kappa shape index (κ3) is 2.16. The van der Waals surface area contributed by atoms with Gasteiger partial charge in [-0.25, -0.2) is 4.98 Å². The molecule has 4 nitrogen and oxygen atoms in total. The fourth-order valence-corrected chi connectivity index (χ4v) is 2.85. The van der Waals surface area contributed by atoms with Gasteiger partial charge in [-0.15, -0.1) is 0 Å². The summed E-state index contributed by atoms with van der Waals surface area (Å²) in [5.41, 5.74) is 10.7. The van der Waals surface area contributed by atoms with Gasteiger partial charge in [-0.05, 0) is 31.4 Å². The predicted octanol–water partition coefficient (Wildman–Crippen LogP) is 2.16. The van der Waals surface area contributed by atoms with Crippen molar-refractivity contribution < 1.29 is 0 Å². The molecule has 2 N–H and O–H groups in total. The van der Waals surface area contributed by atoms with Gasteiger partial charge in [-0.2, -0.15) is 0 Å². The number of hydrogen-bond acceptors (Lipinski definition) is 4. The summed E-state index contributed by atoms with van der Waals surface area (Å²) in [4.78, 5) is 11.4. The van der Waals surface area contributed by atoms with Crippen molar-refractivity contribution in [1.82, 2.24) is 9.97 Å². The van der Waals surface area contributed by atoms with Crippen LogP contribution in [0.5, 0.6) is 0 Å². The standard InChI is InChI=1S/C16H20N4/c1-11-12(2)19-16(10-18-11)20-8-7-13-5-3-4-6-14(13)15(20)9-17/h3-6,10,15H,7-9,17H2,1-2H3. The van der Waals surface area contributed by atoms with Gasteiger partial charge in [-0.3, -0.25) is 4.98 Å². The fraction of sp³-hybridized carbons (Fsp3) is 0.375. The lowest BCUT2D eigenvalue weighted by atomic mass is 9.92. The van der Waals surface area contributed by atoms with E-state index in [9.17, 15) is 0 Å². The minimum atomic E-state index is 0.191. The first-order valence-electron chi connectivity index (χ1n) is 7.05. The minimum absolute atomic E-state index is 0.191. The lowest BCUT2D eigenvalue weighted by molar-refractivity contribution is 0.582. The van der Waals surface area contributed by atoms with E-state index in [0.717, 1.165) is 30.2 Å². The Bertz CT molecular complexity index is 624. The Hall–Kier alpha value is -1.94. The van der Waals surface area contributed by atoms with E-state index in [1.807, 2.05) is 20.0 Å². The van der Waals surface area contributed by atoms with E-state index in [4.69, 9.17) is 5.73 Å². The van der Waals surface area contributed by atoms with Crippen molar-refractivity contribution in [3.63, 3.8) is 0 Å². The van der Waals surface area contributed by atoms with Gasteiger partial charge >= 0.3 is 0 Å². The summed E-state index contributed by atoms with van der Waals surface area (Å²) in [6.45, 7) is 5.51. The smallest absolute Gasteiger partial charge is 0.147 e. The van der Waals surface area contributed by atoms with E-state index in [-0.39, 0.29) is 6.04 Å². The normalized spacial score (nSPS) is 17.9. The van der Waals surface area contributed by atoms with Crippen LogP contribution in [0.15, 0.2) is 30.5 Å². The summed E-state index contributed by atoms with van der Waals surface area (Å²) in [5, 5.41) is 0. The molecule has 104 valence electrons. The van der Waals surface area contributed by atoms with Crippen LogP contribution in [0.2, 0.25) is 0 Å². The number of nitrogens with zero attached hydrogens (tertiary/aromatic N) is 3. The molecule has 3 rings (SSSR count). The molecule has 1 aliphatic rings. The first-order chi connectivity index (χ1) is 9.70. The molecule has 1 aliphatic heterocycles. The number of aryl methyl sites for hydroxylation is 2. The first kappa shape index (κ1) is 13.1. The van der Waals surface area contributed by atoms with Crippen LogP contribution in [-0.4, -0.2) is 23.1 Å². The van der Waals surface area contributed by atoms with Gasteiger partial charge in [-0.1, -0.05) is 24.3 Å². The number of nitrogens with two attached hydrogens (primary N) is 1. The molecule has 1 aromatic heterocycles. The Labute approximate surface area is 119 Å². The average molecular weight is 268 g/mol. The molecule has 0 bridgehead atoms. The van der Waals surface area contributed by atoms with Gasteiger partial charge in [0.2, 0.25) is 0 Å². The summed E-state index contributed by atoms with van der Waals surface area (Å²) in [6, 6.07) is 8.74. The number of rotatable bonds is 2. The average Bonchev–Trinajstić information content (AvgIpc) is 2.49. The molecule has 0 aliphatic carbocycles. The highest BCUT2D eigenvalue weighted by Gasteiger charge is 2.27. The zero-order valence-electron chi connectivity index (χ0n) is 12.0. The Morgan fingerprint density at radius 2 is 2.05 bits per heavy atom. The van der Waals surface area contributed by atoms with Crippen LogP contribution in [-0.2, 0) is 6.42 Å². The minimum Gasteiger partial charge on any atom is -0.347 e. The molecule has 20 heavy (non-hydrogen) atoms. The highest BCUT2D eigenvalue weighted by atomic mass is 15.2. The van der Waals surface area contributed by atoms with E-state index in [2.05, 4.69) is 39.1 Å². The summed E-state index contributed by atoms with van der Waals surface area (Å²) in [5.74, 6) is 0.929. The van der Waals surface area contributed by atoms with E-state index < -0.39 is 0 Å². The van der Waals surface area contributed by atoms with Crippen molar-refractivity contribution in [3.05, 3.63) is 53.0 Å². The van der Waals surface area contributed by atoms with Gasteiger partial charge in [0.25, 0.3) is 0 Å². The molecule has 0 fully saturated rings. The highest BCUT2D eigenvalue weighted by Crippen LogP contribution is 2.32. The third-order valence-corrected chi connectivity index (χ3v) is 4.11. The van der Waals surface area contributed by atoms with Crippen molar-refractivity contribution in [2.45, 2.75) is 26.3 Å². The third-order valence-electron chi connectivity index (χ3n) is 4.11. The SMILES string of the molecule is Cc1ncc(N2CCc3ccccc3C2CN)nc1C. The van der Waals surface area contributed by atoms with Crippen molar-refractivity contribution >= 4 is 5.82 Å². The molecule has 0 spiro atoms. The second kappa shape index (κ2) is 5.21. The van der Waals surface area contributed by atoms with Crippen LogP contribution in [0.3, 0.4) is 0 Å². The van der Waals surface area contributed by atoms with Crippen LogP contribution < -0.4 is 10.6 Å². The topological polar surface area (TPSA) is 55.0 Å². The number of benzene rings is 1. The molecule has 1 aromatic carbocycles. The van der Waals surface area contributed by atoms with Gasteiger partial charge in [0.1, 0.15) is 5.82 Å². The maximum atomic E-state index is 6.02. The second-order valence-electron chi connectivity index (χ2n) is 5.29. The van der Waals surface area contributed by atoms with E-state index in [1.54, 1.807) is 0 Å². The number of fused-ring (bicyclic) bond motifs is 1. The lowest BCUT2D eigenvalue weighted by Gasteiger charge is -2.37. The molecular weight excluding hydrogens is 248 g/mol. The lowest BCUT2D eigenvalue weighted by Crippen LogP contribution is -2.40. The highest BCUT2D eigenvalue weighted by molar-refractivity contribution is 5.47. The molecule has 0 radical (unpaired) electrons. The summed E-state index contributed by atoms with van der Waals surface area (Å²) < 4.78 is 0. The second-order valence-corrected chi connectivity index (χ2v) is 5.29. The van der Waals surface area contributed by atoms with Crippen molar-refractivity contribution in [2.24, 2.45) is 5.73 Å². The van der Waals surface area contributed by atoms with Crippen molar-refractivity contribution in [3.8, 4) is 0 Å². The molecule has 1 unspecified atom stereocenters. The largest absolute Gasteiger partial charge is 0.347 e. The summed E-state index contributed by atoms with van der Waals surface area (Å²) >= 11 is 0. The molecule has 2 heterocycles. The number of anilines is 1. The van der Waals surface area contributed by atoms with E-state index >= 15 is 0 Å². The van der Waals surface area contributed by atoms with Gasteiger partial charge < -0.3 is 10.6 Å². The van der Waals surface area contributed by atoms with Crippen LogP contribution >= 0.6 is 0 Å². The maximum absolute atomic E-state index is 6.02. The number of hydrogen-bond donors (Lipinski definition) is 1. The zero-order valence-corrected chi connectivity index (χ0v) is 12.0. The van der Waals surface area contributed by atoms with E-state index in [1.165, 1.54) is 11.1 Å². The Morgan fingerprint density at radius 3 is 2.80 bits per heavy atom. The molecule has 4 heteroatoms. The molecule has 0 saturated heterocycles. The Morgan fingerprint density at radius 1 is 1.25 bits per heavy atom.